The van der Waals surface area contributed by atoms with Gasteiger partial charge in [-0.2, -0.15) is 0 Å². The average Bonchev–Trinajstić information content (AvgIpc) is 2.99. The van der Waals surface area contributed by atoms with Gasteiger partial charge in [-0.1, -0.05) is 38.7 Å². The van der Waals surface area contributed by atoms with E-state index in [1.807, 2.05) is 11.3 Å². The predicted octanol–water partition coefficient (Wildman–Crippen LogP) is 4.88. The quantitative estimate of drug-likeness (QED) is 0.815. The van der Waals surface area contributed by atoms with E-state index in [-0.39, 0.29) is 0 Å². The van der Waals surface area contributed by atoms with E-state index in [1.165, 1.54) is 51.4 Å². The van der Waals surface area contributed by atoms with Crippen molar-refractivity contribution in [2.45, 2.75) is 64.3 Å². The maximum Gasteiger partial charge on any atom is 0.0144 e. The molecular weight excluding hydrogens is 262 g/mol. The fourth-order valence-electron chi connectivity index (χ4n) is 4.59. The lowest BCUT2D eigenvalue weighted by Crippen LogP contribution is -2.42. The maximum atomic E-state index is 3.79. The Kier molecular flexibility index (Phi) is 5.17. The SMILES string of the molecule is CCNC(Cc1cccs1)C1CCC2CCCCC2C1. The van der Waals surface area contributed by atoms with Crippen LogP contribution in [0, 0.1) is 17.8 Å². The van der Waals surface area contributed by atoms with Gasteiger partial charge in [0.1, 0.15) is 0 Å². The van der Waals surface area contributed by atoms with E-state index in [2.05, 4.69) is 29.8 Å². The minimum absolute atomic E-state index is 0.710. The highest BCUT2D eigenvalue weighted by Gasteiger charge is 2.35. The first kappa shape index (κ1) is 14.6. The lowest BCUT2D eigenvalue weighted by molar-refractivity contribution is 0.110. The van der Waals surface area contributed by atoms with Gasteiger partial charge >= 0.3 is 0 Å². The van der Waals surface area contributed by atoms with E-state index < -0.39 is 0 Å². The van der Waals surface area contributed by atoms with Crippen LogP contribution in [0.25, 0.3) is 0 Å². The molecule has 1 nitrogen and oxygen atoms in total. The Morgan fingerprint density at radius 3 is 2.80 bits per heavy atom. The summed E-state index contributed by atoms with van der Waals surface area (Å²) < 4.78 is 0. The first-order chi connectivity index (χ1) is 9.86. The van der Waals surface area contributed by atoms with Crippen LogP contribution in [-0.2, 0) is 6.42 Å². The Balaban J connectivity index is 1.62. The third-order valence-corrected chi connectivity index (χ3v) is 6.52. The molecule has 1 N–H and O–H groups in total. The van der Waals surface area contributed by atoms with Crippen molar-refractivity contribution in [3.05, 3.63) is 22.4 Å². The number of likely N-dealkylation sites (N-methyl/N-ethyl adjacent to an activating group) is 1. The molecule has 0 bridgehead atoms. The lowest BCUT2D eigenvalue weighted by Gasteiger charge is -2.42. The van der Waals surface area contributed by atoms with Crippen molar-refractivity contribution in [2.75, 3.05) is 6.54 Å². The zero-order valence-electron chi connectivity index (χ0n) is 12.8. The van der Waals surface area contributed by atoms with Gasteiger partial charge < -0.3 is 5.32 Å². The molecule has 2 aliphatic carbocycles. The molecule has 0 spiro atoms. The summed E-state index contributed by atoms with van der Waals surface area (Å²) in [5.41, 5.74) is 0. The first-order valence-corrected chi connectivity index (χ1v) is 9.50. The van der Waals surface area contributed by atoms with Crippen molar-refractivity contribution in [3.63, 3.8) is 0 Å². The fraction of sp³-hybridized carbons (Fsp3) is 0.778. The monoisotopic (exact) mass is 291 g/mol. The van der Waals surface area contributed by atoms with Gasteiger partial charge in [0.2, 0.25) is 0 Å². The third-order valence-electron chi connectivity index (χ3n) is 5.62. The van der Waals surface area contributed by atoms with Gasteiger partial charge in [0.05, 0.1) is 0 Å². The van der Waals surface area contributed by atoms with Crippen molar-refractivity contribution in [2.24, 2.45) is 17.8 Å². The minimum Gasteiger partial charge on any atom is -0.314 e. The standard InChI is InChI=1S/C18H29NS/c1-2-19-18(13-17-8-5-11-20-17)16-10-9-14-6-3-4-7-15(14)12-16/h5,8,11,14-16,18-19H,2-4,6-7,9-10,12-13H2,1H3. The summed E-state index contributed by atoms with van der Waals surface area (Å²) in [6.45, 7) is 3.37. The van der Waals surface area contributed by atoms with Crippen LogP contribution < -0.4 is 5.32 Å². The zero-order valence-corrected chi connectivity index (χ0v) is 13.6. The molecule has 1 heterocycles. The Labute approximate surface area is 128 Å². The molecule has 0 amide bonds. The molecule has 2 saturated carbocycles. The molecule has 2 aliphatic rings. The Morgan fingerprint density at radius 1 is 1.20 bits per heavy atom. The van der Waals surface area contributed by atoms with E-state index in [4.69, 9.17) is 0 Å². The molecule has 112 valence electrons. The van der Waals surface area contributed by atoms with Gasteiger partial charge in [0.15, 0.2) is 0 Å². The number of hydrogen-bond donors (Lipinski definition) is 1. The highest BCUT2D eigenvalue weighted by atomic mass is 32.1. The second-order valence-corrected chi connectivity index (χ2v) is 7.86. The smallest absolute Gasteiger partial charge is 0.0144 e. The van der Waals surface area contributed by atoms with Gasteiger partial charge in [-0.3, -0.25) is 0 Å². The van der Waals surface area contributed by atoms with Crippen LogP contribution in [0.2, 0.25) is 0 Å². The molecule has 0 radical (unpaired) electrons. The molecular formula is C18H29NS. The normalized spacial score (nSPS) is 31.8. The molecule has 20 heavy (non-hydrogen) atoms. The van der Waals surface area contributed by atoms with Crippen LogP contribution in [0.3, 0.4) is 0 Å². The van der Waals surface area contributed by atoms with Crippen molar-refractivity contribution in [1.29, 1.82) is 0 Å². The Bertz CT molecular complexity index is 386. The number of rotatable bonds is 5. The van der Waals surface area contributed by atoms with Crippen LogP contribution in [0.1, 0.15) is 56.7 Å². The number of thiophene rings is 1. The molecule has 2 fully saturated rings. The highest BCUT2D eigenvalue weighted by Crippen LogP contribution is 2.44. The Morgan fingerprint density at radius 2 is 2.05 bits per heavy atom. The molecule has 1 aromatic heterocycles. The van der Waals surface area contributed by atoms with E-state index in [0.29, 0.717) is 6.04 Å². The summed E-state index contributed by atoms with van der Waals surface area (Å²) in [5.74, 6) is 3.03. The maximum absolute atomic E-state index is 3.79. The molecule has 3 rings (SSSR count). The summed E-state index contributed by atoms with van der Waals surface area (Å²) in [6.07, 6.45) is 11.7. The van der Waals surface area contributed by atoms with Gasteiger partial charge in [-0.15, -0.1) is 11.3 Å². The van der Waals surface area contributed by atoms with Gasteiger partial charge in [-0.05, 0) is 61.4 Å². The summed E-state index contributed by atoms with van der Waals surface area (Å²) in [4.78, 5) is 1.56. The van der Waals surface area contributed by atoms with Crippen LogP contribution >= 0.6 is 11.3 Å². The Hall–Kier alpha value is -0.340. The topological polar surface area (TPSA) is 12.0 Å². The molecule has 4 atom stereocenters. The van der Waals surface area contributed by atoms with Crippen molar-refractivity contribution >= 4 is 11.3 Å². The number of nitrogens with one attached hydrogen (secondary N) is 1. The fourth-order valence-corrected chi connectivity index (χ4v) is 5.35. The molecule has 0 aliphatic heterocycles. The predicted molar refractivity (Wildman–Crippen MR) is 88.3 cm³/mol. The van der Waals surface area contributed by atoms with Crippen LogP contribution in [-0.4, -0.2) is 12.6 Å². The van der Waals surface area contributed by atoms with Crippen LogP contribution in [0.15, 0.2) is 17.5 Å². The van der Waals surface area contributed by atoms with E-state index in [0.717, 1.165) is 24.3 Å². The molecule has 4 unspecified atom stereocenters. The van der Waals surface area contributed by atoms with Crippen molar-refractivity contribution in [1.82, 2.24) is 5.32 Å². The van der Waals surface area contributed by atoms with Gasteiger partial charge in [0, 0.05) is 10.9 Å². The zero-order chi connectivity index (χ0) is 13.8. The van der Waals surface area contributed by atoms with Gasteiger partial charge in [-0.25, -0.2) is 0 Å². The van der Waals surface area contributed by atoms with E-state index >= 15 is 0 Å². The van der Waals surface area contributed by atoms with E-state index in [9.17, 15) is 0 Å². The summed E-state index contributed by atoms with van der Waals surface area (Å²) in [5, 5.41) is 6.01. The lowest BCUT2D eigenvalue weighted by atomic mass is 9.66. The van der Waals surface area contributed by atoms with Crippen molar-refractivity contribution < 1.29 is 0 Å². The second-order valence-electron chi connectivity index (χ2n) is 6.83. The summed E-state index contributed by atoms with van der Waals surface area (Å²) >= 11 is 1.92. The molecule has 2 heteroatoms. The summed E-state index contributed by atoms with van der Waals surface area (Å²) in [6, 6.07) is 5.21. The minimum atomic E-state index is 0.710. The van der Waals surface area contributed by atoms with Crippen molar-refractivity contribution in [3.8, 4) is 0 Å². The van der Waals surface area contributed by atoms with Crippen LogP contribution in [0.4, 0.5) is 0 Å². The second kappa shape index (κ2) is 7.09. The van der Waals surface area contributed by atoms with Gasteiger partial charge in [0.25, 0.3) is 0 Å². The number of fused-ring (bicyclic) bond motifs is 1. The van der Waals surface area contributed by atoms with Crippen LogP contribution in [0.5, 0.6) is 0 Å². The average molecular weight is 292 g/mol. The summed E-state index contributed by atoms with van der Waals surface area (Å²) in [7, 11) is 0. The molecule has 1 aromatic rings. The third kappa shape index (κ3) is 3.46. The largest absolute Gasteiger partial charge is 0.314 e. The van der Waals surface area contributed by atoms with E-state index in [1.54, 1.807) is 4.88 Å². The highest BCUT2D eigenvalue weighted by molar-refractivity contribution is 7.09. The molecule has 0 saturated heterocycles. The number of hydrogen-bond acceptors (Lipinski definition) is 2. The molecule has 0 aromatic carbocycles. The first-order valence-electron chi connectivity index (χ1n) is 8.62.